The second kappa shape index (κ2) is 8.10. The number of carbonyl (C=O) groups excluding carboxylic acids is 1. The minimum absolute atomic E-state index is 0.0555. The maximum absolute atomic E-state index is 12.4. The first-order chi connectivity index (χ1) is 11.6. The lowest BCUT2D eigenvalue weighted by molar-refractivity contribution is 0.0914. The second-order valence-electron chi connectivity index (χ2n) is 7.33. The summed E-state index contributed by atoms with van der Waals surface area (Å²) in [6.07, 6.45) is 1.01. The molecule has 132 valence electrons. The molecule has 2 fully saturated rings. The summed E-state index contributed by atoms with van der Waals surface area (Å²) in [4.78, 5) is 17.3. The Hall–Kier alpha value is -1.43. The summed E-state index contributed by atoms with van der Waals surface area (Å²) in [5.74, 6) is 0.541. The Morgan fingerprint density at radius 2 is 1.92 bits per heavy atom. The van der Waals surface area contributed by atoms with E-state index in [2.05, 4.69) is 46.5 Å². The fourth-order valence-electron chi connectivity index (χ4n) is 3.51. The number of amides is 1. The molecule has 5 heteroatoms. The summed E-state index contributed by atoms with van der Waals surface area (Å²) in [5, 5.41) is 6.56. The van der Waals surface area contributed by atoms with Crippen LogP contribution in [0.2, 0.25) is 0 Å². The van der Waals surface area contributed by atoms with E-state index in [0.29, 0.717) is 5.92 Å². The average Bonchev–Trinajstić information content (AvgIpc) is 2.59. The normalized spacial score (nSPS) is 26.2. The molecule has 0 radical (unpaired) electrons. The van der Waals surface area contributed by atoms with Gasteiger partial charge in [-0.25, -0.2) is 0 Å². The van der Waals surface area contributed by atoms with Crippen molar-refractivity contribution in [2.45, 2.75) is 25.9 Å². The van der Waals surface area contributed by atoms with Crippen molar-refractivity contribution < 1.29 is 4.79 Å². The van der Waals surface area contributed by atoms with E-state index in [1.54, 1.807) is 0 Å². The van der Waals surface area contributed by atoms with Crippen molar-refractivity contribution in [3.05, 3.63) is 35.4 Å². The maximum Gasteiger partial charge on any atom is 0.251 e. The molecular weight excluding hydrogens is 300 g/mol. The highest BCUT2D eigenvalue weighted by atomic mass is 16.1. The molecule has 2 N–H and O–H groups in total. The molecule has 2 aliphatic rings. The molecule has 0 aromatic heterocycles. The van der Waals surface area contributed by atoms with E-state index in [1.165, 1.54) is 5.56 Å². The first kappa shape index (κ1) is 17.4. The zero-order valence-electron chi connectivity index (χ0n) is 14.9. The summed E-state index contributed by atoms with van der Waals surface area (Å²) >= 11 is 0. The minimum atomic E-state index is 0.0555. The number of rotatable bonds is 4. The van der Waals surface area contributed by atoms with Crippen LogP contribution in [-0.2, 0) is 6.54 Å². The number of carbonyl (C=O) groups is 1. The number of likely N-dealkylation sites (N-methyl/N-ethyl adjacent to an activating group) is 1. The quantitative estimate of drug-likeness (QED) is 0.870. The highest BCUT2D eigenvalue weighted by Gasteiger charge is 2.23. The number of nitrogens with one attached hydrogen (secondary N) is 2. The van der Waals surface area contributed by atoms with Crippen LogP contribution in [0.4, 0.5) is 0 Å². The average molecular weight is 330 g/mol. The Morgan fingerprint density at radius 1 is 1.21 bits per heavy atom. The van der Waals surface area contributed by atoms with E-state index >= 15 is 0 Å². The van der Waals surface area contributed by atoms with Crippen molar-refractivity contribution in [3.8, 4) is 0 Å². The molecule has 2 unspecified atom stereocenters. The first-order valence-electron chi connectivity index (χ1n) is 9.13. The third-order valence-electron chi connectivity index (χ3n) is 5.32. The molecule has 3 rings (SSSR count). The Balaban J connectivity index is 1.52. The number of hydrogen-bond acceptors (Lipinski definition) is 4. The van der Waals surface area contributed by atoms with Crippen molar-refractivity contribution in [2.24, 2.45) is 5.92 Å². The molecule has 1 aromatic rings. The summed E-state index contributed by atoms with van der Waals surface area (Å²) in [6, 6.07) is 8.40. The van der Waals surface area contributed by atoms with Gasteiger partial charge in [0.05, 0.1) is 0 Å². The second-order valence-corrected chi connectivity index (χ2v) is 7.33. The highest BCUT2D eigenvalue weighted by Crippen LogP contribution is 2.13. The van der Waals surface area contributed by atoms with Gasteiger partial charge in [-0.05, 0) is 50.2 Å². The molecule has 2 aliphatic heterocycles. The van der Waals surface area contributed by atoms with Crippen LogP contribution in [-0.4, -0.2) is 68.1 Å². The molecule has 0 aliphatic carbocycles. The lowest BCUT2D eigenvalue weighted by Gasteiger charge is -2.32. The smallest absolute Gasteiger partial charge is 0.251 e. The molecule has 2 heterocycles. The molecule has 0 saturated carbocycles. The molecule has 24 heavy (non-hydrogen) atoms. The Morgan fingerprint density at radius 3 is 2.58 bits per heavy atom. The third-order valence-corrected chi connectivity index (χ3v) is 5.32. The van der Waals surface area contributed by atoms with Gasteiger partial charge >= 0.3 is 0 Å². The Kier molecular flexibility index (Phi) is 5.87. The Bertz CT molecular complexity index is 537. The molecule has 2 atom stereocenters. The van der Waals surface area contributed by atoms with Gasteiger partial charge in [0.15, 0.2) is 0 Å². The van der Waals surface area contributed by atoms with E-state index in [1.807, 2.05) is 12.1 Å². The van der Waals surface area contributed by atoms with Gasteiger partial charge in [-0.2, -0.15) is 0 Å². The van der Waals surface area contributed by atoms with Gasteiger partial charge in [-0.3, -0.25) is 9.69 Å². The summed E-state index contributed by atoms with van der Waals surface area (Å²) in [6.45, 7) is 9.63. The van der Waals surface area contributed by atoms with Crippen LogP contribution in [0.25, 0.3) is 0 Å². The number of piperazine rings is 1. The minimum Gasteiger partial charge on any atom is -0.349 e. The zero-order chi connectivity index (χ0) is 16.9. The van der Waals surface area contributed by atoms with Gasteiger partial charge in [0.25, 0.3) is 5.91 Å². The van der Waals surface area contributed by atoms with Crippen LogP contribution in [0, 0.1) is 5.92 Å². The van der Waals surface area contributed by atoms with Gasteiger partial charge in [-0.1, -0.05) is 19.1 Å². The molecule has 1 amide bonds. The fourth-order valence-corrected chi connectivity index (χ4v) is 3.51. The van der Waals surface area contributed by atoms with Gasteiger partial charge in [-0.15, -0.1) is 0 Å². The predicted molar refractivity (Wildman–Crippen MR) is 97.1 cm³/mol. The van der Waals surface area contributed by atoms with Crippen LogP contribution in [0.1, 0.15) is 29.3 Å². The van der Waals surface area contributed by atoms with E-state index in [-0.39, 0.29) is 11.9 Å². The Labute approximate surface area is 145 Å². The van der Waals surface area contributed by atoms with Crippen LogP contribution >= 0.6 is 0 Å². The predicted octanol–water partition coefficient (Wildman–Crippen LogP) is 1.16. The van der Waals surface area contributed by atoms with Gasteiger partial charge in [0.1, 0.15) is 0 Å². The standard InChI is InChI=1S/C19H30N4O/c1-15-13-20-8-7-18(15)21-19(24)17-5-3-16(4-6-17)14-23-11-9-22(2)10-12-23/h3-6,15,18,20H,7-14H2,1-2H3,(H,21,24). The molecule has 1 aromatic carbocycles. The lowest BCUT2D eigenvalue weighted by atomic mass is 9.95. The third kappa shape index (κ3) is 4.56. The summed E-state index contributed by atoms with van der Waals surface area (Å²) < 4.78 is 0. The molecule has 0 bridgehead atoms. The van der Waals surface area contributed by atoms with Crippen LogP contribution in [0.5, 0.6) is 0 Å². The maximum atomic E-state index is 12.4. The monoisotopic (exact) mass is 330 g/mol. The van der Waals surface area contributed by atoms with Gasteiger partial charge in [0.2, 0.25) is 0 Å². The van der Waals surface area contributed by atoms with E-state index in [0.717, 1.165) is 57.8 Å². The summed E-state index contributed by atoms with van der Waals surface area (Å²) in [5.41, 5.74) is 2.05. The van der Waals surface area contributed by atoms with Crippen LogP contribution in [0.15, 0.2) is 24.3 Å². The van der Waals surface area contributed by atoms with E-state index in [9.17, 15) is 4.79 Å². The van der Waals surface area contributed by atoms with Crippen molar-refractivity contribution in [2.75, 3.05) is 46.3 Å². The number of benzene rings is 1. The first-order valence-corrected chi connectivity index (χ1v) is 9.13. The van der Waals surface area contributed by atoms with Gasteiger partial charge in [0, 0.05) is 44.3 Å². The number of hydrogen-bond donors (Lipinski definition) is 2. The SMILES string of the molecule is CC1CNCCC1NC(=O)c1ccc(CN2CCN(C)CC2)cc1. The van der Waals surface area contributed by atoms with Crippen molar-refractivity contribution in [3.63, 3.8) is 0 Å². The van der Waals surface area contributed by atoms with Crippen molar-refractivity contribution in [1.29, 1.82) is 0 Å². The van der Waals surface area contributed by atoms with Crippen LogP contribution < -0.4 is 10.6 Å². The molecular formula is C19H30N4O. The fraction of sp³-hybridized carbons (Fsp3) is 0.632. The van der Waals surface area contributed by atoms with Crippen molar-refractivity contribution in [1.82, 2.24) is 20.4 Å². The van der Waals surface area contributed by atoms with Gasteiger partial charge < -0.3 is 15.5 Å². The topological polar surface area (TPSA) is 47.6 Å². The number of piperidine rings is 1. The van der Waals surface area contributed by atoms with Crippen LogP contribution in [0.3, 0.4) is 0 Å². The molecule has 2 saturated heterocycles. The van der Waals surface area contributed by atoms with Crippen molar-refractivity contribution >= 4 is 5.91 Å². The van der Waals surface area contributed by atoms with E-state index in [4.69, 9.17) is 0 Å². The molecule has 5 nitrogen and oxygen atoms in total. The zero-order valence-corrected chi connectivity index (χ0v) is 14.9. The van der Waals surface area contributed by atoms with E-state index < -0.39 is 0 Å². The lowest BCUT2D eigenvalue weighted by Crippen LogP contribution is -2.48. The molecule has 0 spiro atoms. The highest BCUT2D eigenvalue weighted by molar-refractivity contribution is 5.94. The summed E-state index contributed by atoms with van der Waals surface area (Å²) in [7, 11) is 2.17. The largest absolute Gasteiger partial charge is 0.349 e. The number of nitrogens with zero attached hydrogens (tertiary/aromatic N) is 2.